The maximum absolute atomic E-state index is 13.4. The molecule has 3 aromatic rings. The summed E-state index contributed by atoms with van der Waals surface area (Å²) in [5, 5.41) is 0. The van der Waals surface area contributed by atoms with Gasteiger partial charge in [0.2, 0.25) is 5.88 Å². The number of ether oxygens (including phenoxy) is 2. The summed E-state index contributed by atoms with van der Waals surface area (Å²) in [6.07, 6.45) is 3.33. The van der Waals surface area contributed by atoms with Crippen molar-refractivity contribution in [2.24, 2.45) is 0 Å². The molecule has 1 unspecified atom stereocenters. The van der Waals surface area contributed by atoms with E-state index in [0.717, 1.165) is 41.0 Å². The molecule has 2 aromatic carbocycles. The van der Waals surface area contributed by atoms with Crippen molar-refractivity contribution in [3.63, 3.8) is 0 Å². The summed E-state index contributed by atoms with van der Waals surface area (Å²) >= 11 is 0. The first-order chi connectivity index (χ1) is 12.2. The lowest BCUT2D eigenvalue weighted by Crippen LogP contribution is -2.15. The third kappa shape index (κ3) is 3.48. The van der Waals surface area contributed by atoms with Crippen LogP contribution in [-0.2, 0) is 6.42 Å². The maximum Gasteiger partial charge on any atom is 0.219 e. The Morgan fingerprint density at radius 2 is 2.04 bits per heavy atom. The van der Waals surface area contributed by atoms with Gasteiger partial charge in [0, 0.05) is 12.3 Å². The topological polar surface area (TPSA) is 31.4 Å². The summed E-state index contributed by atoms with van der Waals surface area (Å²) < 4.78 is 25.3. The number of halogens is 1. The summed E-state index contributed by atoms with van der Waals surface area (Å²) in [7, 11) is 0. The van der Waals surface area contributed by atoms with Gasteiger partial charge in [-0.25, -0.2) is 9.37 Å². The van der Waals surface area contributed by atoms with Crippen LogP contribution in [0.25, 0.3) is 0 Å². The third-order valence-electron chi connectivity index (χ3n) is 4.30. The molecule has 0 saturated carbocycles. The molecule has 1 aromatic heterocycles. The lowest BCUT2D eigenvalue weighted by molar-refractivity contribution is 0.176. The molecule has 2 heterocycles. The van der Waals surface area contributed by atoms with E-state index < -0.39 is 0 Å². The van der Waals surface area contributed by atoms with E-state index in [2.05, 4.69) is 4.98 Å². The Bertz CT molecular complexity index is 893. The van der Waals surface area contributed by atoms with Gasteiger partial charge in [-0.3, -0.25) is 0 Å². The van der Waals surface area contributed by atoms with Crippen LogP contribution in [0.4, 0.5) is 4.39 Å². The van der Waals surface area contributed by atoms with Gasteiger partial charge in [-0.05, 0) is 66.8 Å². The van der Waals surface area contributed by atoms with E-state index in [1.807, 2.05) is 43.3 Å². The number of benzene rings is 2. The molecule has 1 atom stereocenters. The van der Waals surface area contributed by atoms with Gasteiger partial charge in [-0.1, -0.05) is 18.2 Å². The minimum Gasteiger partial charge on any atom is -0.485 e. The molecule has 0 aliphatic carbocycles. The van der Waals surface area contributed by atoms with E-state index in [1.54, 1.807) is 12.3 Å². The van der Waals surface area contributed by atoms with Crippen LogP contribution < -0.4 is 9.47 Å². The van der Waals surface area contributed by atoms with E-state index in [4.69, 9.17) is 9.47 Å². The van der Waals surface area contributed by atoms with Crippen LogP contribution in [0, 0.1) is 12.7 Å². The monoisotopic (exact) mass is 335 g/mol. The van der Waals surface area contributed by atoms with Crippen molar-refractivity contribution in [1.29, 1.82) is 0 Å². The van der Waals surface area contributed by atoms with E-state index in [0.29, 0.717) is 5.88 Å². The van der Waals surface area contributed by atoms with Crippen molar-refractivity contribution < 1.29 is 13.9 Å². The Morgan fingerprint density at radius 1 is 1.12 bits per heavy atom. The number of hydrogen-bond acceptors (Lipinski definition) is 3. The van der Waals surface area contributed by atoms with Crippen LogP contribution in [0.1, 0.15) is 29.2 Å². The van der Waals surface area contributed by atoms with E-state index in [1.165, 1.54) is 12.1 Å². The number of rotatable bonds is 3. The average molecular weight is 335 g/mol. The Morgan fingerprint density at radius 3 is 2.84 bits per heavy atom. The second kappa shape index (κ2) is 6.55. The van der Waals surface area contributed by atoms with Gasteiger partial charge in [0.1, 0.15) is 23.4 Å². The second-order valence-corrected chi connectivity index (χ2v) is 6.25. The molecule has 3 nitrogen and oxygen atoms in total. The Kier molecular flexibility index (Phi) is 4.10. The second-order valence-electron chi connectivity index (χ2n) is 6.25. The minimum atomic E-state index is -0.235. The highest BCUT2D eigenvalue weighted by Gasteiger charge is 2.22. The molecule has 0 spiro atoms. The normalized spacial score (nSPS) is 16.0. The van der Waals surface area contributed by atoms with Crippen LogP contribution in [0.15, 0.2) is 60.8 Å². The summed E-state index contributed by atoms with van der Waals surface area (Å²) in [5.41, 5.74) is 3.06. The molecule has 25 heavy (non-hydrogen) atoms. The molecular weight excluding hydrogens is 317 g/mol. The quantitative estimate of drug-likeness (QED) is 0.643. The summed E-state index contributed by atoms with van der Waals surface area (Å²) in [6.45, 7) is 1.99. The molecule has 0 bridgehead atoms. The van der Waals surface area contributed by atoms with E-state index in [-0.39, 0.29) is 11.9 Å². The predicted molar refractivity (Wildman–Crippen MR) is 93.6 cm³/mol. The van der Waals surface area contributed by atoms with Crippen LogP contribution in [-0.4, -0.2) is 4.98 Å². The lowest BCUT2D eigenvalue weighted by Gasteiger charge is -2.26. The van der Waals surface area contributed by atoms with Crippen molar-refractivity contribution in [3.8, 4) is 17.4 Å². The van der Waals surface area contributed by atoms with Crippen LogP contribution in [0.2, 0.25) is 0 Å². The molecule has 0 N–H and O–H groups in total. The minimum absolute atomic E-state index is 0.117. The van der Waals surface area contributed by atoms with Gasteiger partial charge in [0.05, 0.1) is 0 Å². The first-order valence-corrected chi connectivity index (χ1v) is 8.33. The molecule has 4 rings (SSSR count). The number of hydrogen-bond donors (Lipinski definition) is 0. The van der Waals surface area contributed by atoms with Gasteiger partial charge < -0.3 is 9.47 Å². The van der Waals surface area contributed by atoms with Gasteiger partial charge in [0.25, 0.3) is 0 Å². The molecule has 1 aliphatic heterocycles. The Balaban J connectivity index is 1.52. The SMILES string of the molecule is Cc1ccc(Oc2ccc3c(c2)CCC(c2cccc(F)c2)O3)nc1. The molecule has 0 radical (unpaired) electrons. The zero-order valence-electron chi connectivity index (χ0n) is 13.9. The van der Waals surface area contributed by atoms with Gasteiger partial charge in [-0.2, -0.15) is 0 Å². The molecule has 1 aliphatic rings. The fraction of sp³-hybridized carbons (Fsp3) is 0.190. The Labute approximate surface area is 146 Å². The highest BCUT2D eigenvalue weighted by Crippen LogP contribution is 2.37. The average Bonchev–Trinajstić information content (AvgIpc) is 2.63. The first kappa shape index (κ1) is 15.6. The maximum atomic E-state index is 13.4. The van der Waals surface area contributed by atoms with Crippen LogP contribution in [0.3, 0.4) is 0 Å². The molecule has 0 saturated heterocycles. The Hall–Kier alpha value is -2.88. The van der Waals surface area contributed by atoms with E-state index in [9.17, 15) is 4.39 Å². The van der Waals surface area contributed by atoms with Crippen LogP contribution in [0.5, 0.6) is 17.4 Å². The number of aromatic nitrogens is 1. The standard InChI is InChI=1S/C21H18FNO2/c1-14-5-10-21(23-13-14)24-18-7-9-20-16(12-18)6-8-19(25-20)15-3-2-4-17(22)11-15/h2-5,7,9-13,19H,6,8H2,1H3. The van der Waals surface area contributed by atoms with Gasteiger partial charge >= 0.3 is 0 Å². The molecule has 4 heteroatoms. The lowest BCUT2D eigenvalue weighted by atomic mass is 9.97. The predicted octanol–water partition coefficient (Wildman–Crippen LogP) is 5.39. The number of fused-ring (bicyclic) bond motifs is 1. The molecular formula is C21H18FNO2. The number of pyridine rings is 1. The van der Waals surface area contributed by atoms with Crippen molar-refractivity contribution in [3.05, 3.63) is 83.3 Å². The summed E-state index contributed by atoms with van der Waals surface area (Å²) in [5.74, 6) is 1.90. The number of nitrogens with zero attached hydrogens (tertiary/aromatic N) is 1. The molecule has 126 valence electrons. The zero-order valence-corrected chi connectivity index (χ0v) is 13.9. The molecule has 0 fully saturated rings. The fourth-order valence-corrected chi connectivity index (χ4v) is 3.01. The smallest absolute Gasteiger partial charge is 0.219 e. The van der Waals surface area contributed by atoms with Crippen molar-refractivity contribution in [2.75, 3.05) is 0 Å². The summed E-state index contributed by atoms with van der Waals surface area (Å²) in [4.78, 5) is 4.26. The van der Waals surface area contributed by atoms with Crippen LogP contribution >= 0.6 is 0 Å². The number of aryl methyl sites for hydroxylation is 2. The highest BCUT2D eigenvalue weighted by atomic mass is 19.1. The van der Waals surface area contributed by atoms with Crippen molar-refractivity contribution in [1.82, 2.24) is 4.98 Å². The van der Waals surface area contributed by atoms with Crippen molar-refractivity contribution >= 4 is 0 Å². The van der Waals surface area contributed by atoms with Gasteiger partial charge in [-0.15, -0.1) is 0 Å². The van der Waals surface area contributed by atoms with Gasteiger partial charge in [0.15, 0.2) is 0 Å². The largest absolute Gasteiger partial charge is 0.485 e. The van der Waals surface area contributed by atoms with Crippen molar-refractivity contribution in [2.45, 2.75) is 25.9 Å². The third-order valence-corrected chi connectivity index (χ3v) is 4.30. The first-order valence-electron chi connectivity index (χ1n) is 8.33. The fourth-order valence-electron chi connectivity index (χ4n) is 3.01. The highest BCUT2D eigenvalue weighted by molar-refractivity contribution is 5.43. The summed E-state index contributed by atoms with van der Waals surface area (Å²) in [6, 6.07) is 16.2. The molecule has 0 amide bonds. The van der Waals surface area contributed by atoms with E-state index >= 15 is 0 Å². The zero-order chi connectivity index (χ0) is 17.2.